The van der Waals surface area contributed by atoms with Gasteiger partial charge in [-0.05, 0) is 26.0 Å². The van der Waals surface area contributed by atoms with E-state index >= 15 is 0 Å². The molecule has 72 valence electrons. The number of benzene rings is 1. The van der Waals surface area contributed by atoms with Gasteiger partial charge < -0.3 is 9.47 Å². The lowest BCUT2D eigenvalue weighted by Crippen LogP contribution is -2.18. The Kier molecular flexibility index (Phi) is 4.33. The summed E-state index contributed by atoms with van der Waals surface area (Å²) in [5.41, 5.74) is 0. The average Bonchev–Trinajstić information content (AvgIpc) is 2.16. The number of rotatable bonds is 5. The van der Waals surface area contributed by atoms with Crippen molar-refractivity contribution in [3.8, 4) is 5.75 Å². The predicted octanol–water partition coefficient (Wildman–Crippen LogP) is 2.49. The van der Waals surface area contributed by atoms with Crippen LogP contribution in [0.4, 0.5) is 0 Å². The summed E-state index contributed by atoms with van der Waals surface area (Å²) in [5, 5.41) is 0. The molecule has 1 aromatic carbocycles. The second-order valence-electron chi connectivity index (χ2n) is 2.90. The monoisotopic (exact) mass is 180 g/mol. The Morgan fingerprint density at radius 1 is 1.23 bits per heavy atom. The van der Waals surface area contributed by atoms with Crippen LogP contribution in [-0.2, 0) is 4.74 Å². The van der Waals surface area contributed by atoms with Crippen LogP contribution < -0.4 is 4.74 Å². The molecule has 2 nitrogen and oxygen atoms in total. The molecule has 0 aromatic heterocycles. The lowest BCUT2D eigenvalue weighted by atomic mass is 10.3. The van der Waals surface area contributed by atoms with E-state index < -0.39 is 0 Å². The fourth-order valence-electron chi connectivity index (χ4n) is 1.05. The van der Waals surface area contributed by atoms with Gasteiger partial charge in [0.2, 0.25) is 0 Å². The highest BCUT2D eigenvalue weighted by molar-refractivity contribution is 5.21. The summed E-state index contributed by atoms with van der Waals surface area (Å²) in [6.45, 7) is 5.37. The summed E-state index contributed by atoms with van der Waals surface area (Å²) in [7, 11) is 0. The molecule has 13 heavy (non-hydrogen) atoms. The Balaban J connectivity index is 2.32. The fourth-order valence-corrected chi connectivity index (χ4v) is 1.05. The van der Waals surface area contributed by atoms with Crippen molar-refractivity contribution in [2.24, 2.45) is 0 Å². The predicted molar refractivity (Wildman–Crippen MR) is 53.0 cm³/mol. The highest BCUT2D eigenvalue weighted by Gasteiger charge is 2.02. The highest BCUT2D eigenvalue weighted by Crippen LogP contribution is 2.10. The van der Waals surface area contributed by atoms with E-state index in [9.17, 15) is 0 Å². The quantitative estimate of drug-likeness (QED) is 0.693. The maximum atomic E-state index is 5.59. The Morgan fingerprint density at radius 2 is 1.92 bits per heavy atom. The number of ether oxygens (including phenoxy) is 2. The minimum atomic E-state index is 0.113. The van der Waals surface area contributed by atoms with Crippen molar-refractivity contribution in [1.29, 1.82) is 0 Å². The molecule has 0 amide bonds. The summed E-state index contributed by atoms with van der Waals surface area (Å²) in [4.78, 5) is 0. The van der Waals surface area contributed by atoms with Gasteiger partial charge in [-0.25, -0.2) is 0 Å². The Labute approximate surface area is 79.5 Å². The van der Waals surface area contributed by atoms with E-state index in [0.717, 1.165) is 12.4 Å². The zero-order valence-corrected chi connectivity index (χ0v) is 8.19. The van der Waals surface area contributed by atoms with Gasteiger partial charge in [0.1, 0.15) is 11.9 Å². The van der Waals surface area contributed by atoms with Crippen LogP contribution in [-0.4, -0.2) is 19.3 Å². The largest absolute Gasteiger partial charge is 0.488 e. The van der Waals surface area contributed by atoms with E-state index in [1.165, 1.54) is 0 Å². The maximum absolute atomic E-state index is 5.59. The van der Waals surface area contributed by atoms with Crippen molar-refractivity contribution in [2.45, 2.75) is 20.0 Å². The SMILES string of the molecule is CCOCC(C)Oc1ccccc1. The third-order valence-corrected chi connectivity index (χ3v) is 1.64. The van der Waals surface area contributed by atoms with E-state index in [1.54, 1.807) is 0 Å². The Bertz CT molecular complexity index is 221. The van der Waals surface area contributed by atoms with Crippen LogP contribution in [0, 0.1) is 0 Å². The van der Waals surface area contributed by atoms with Crippen LogP contribution in [0.5, 0.6) is 5.75 Å². The minimum Gasteiger partial charge on any atom is -0.488 e. The minimum absolute atomic E-state index is 0.113. The maximum Gasteiger partial charge on any atom is 0.119 e. The molecule has 0 aliphatic heterocycles. The van der Waals surface area contributed by atoms with E-state index in [4.69, 9.17) is 9.47 Å². The van der Waals surface area contributed by atoms with Gasteiger partial charge in [0, 0.05) is 6.61 Å². The van der Waals surface area contributed by atoms with Crippen molar-refractivity contribution in [3.05, 3.63) is 30.3 Å². The average molecular weight is 180 g/mol. The van der Waals surface area contributed by atoms with Crippen LogP contribution >= 0.6 is 0 Å². The van der Waals surface area contributed by atoms with Gasteiger partial charge in [0.05, 0.1) is 6.61 Å². The summed E-state index contributed by atoms with van der Waals surface area (Å²) < 4.78 is 10.8. The topological polar surface area (TPSA) is 18.5 Å². The lowest BCUT2D eigenvalue weighted by molar-refractivity contribution is 0.0657. The van der Waals surface area contributed by atoms with Crippen molar-refractivity contribution in [2.75, 3.05) is 13.2 Å². The fraction of sp³-hybridized carbons (Fsp3) is 0.455. The second-order valence-corrected chi connectivity index (χ2v) is 2.90. The van der Waals surface area contributed by atoms with Crippen LogP contribution in [0.15, 0.2) is 30.3 Å². The molecular weight excluding hydrogens is 164 g/mol. The third kappa shape index (κ3) is 3.95. The molecule has 0 aliphatic rings. The molecule has 0 N–H and O–H groups in total. The molecule has 0 heterocycles. The van der Waals surface area contributed by atoms with E-state index in [0.29, 0.717) is 6.61 Å². The second kappa shape index (κ2) is 5.60. The molecule has 0 bridgehead atoms. The van der Waals surface area contributed by atoms with Gasteiger partial charge in [-0.3, -0.25) is 0 Å². The van der Waals surface area contributed by atoms with Crippen molar-refractivity contribution in [1.82, 2.24) is 0 Å². The van der Waals surface area contributed by atoms with Crippen LogP contribution in [0.25, 0.3) is 0 Å². The number of hydrogen-bond donors (Lipinski definition) is 0. The van der Waals surface area contributed by atoms with Crippen LogP contribution in [0.1, 0.15) is 13.8 Å². The first-order chi connectivity index (χ1) is 6.33. The standard InChI is InChI=1S/C11H16O2/c1-3-12-9-10(2)13-11-7-5-4-6-8-11/h4-8,10H,3,9H2,1-2H3. The molecule has 0 saturated carbocycles. The van der Waals surface area contributed by atoms with Gasteiger partial charge >= 0.3 is 0 Å². The highest BCUT2D eigenvalue weighted by atomic mass is 16.5. The smallest absolute Gasteiger partial charge is 0.119 e. The first-order valence-electron chi connectivity index (χ1n) is 4.62. The molecular formula is C11H16O2. The molecule has 1 aromatic rings. The summed E-state index contributed by atoms with van der Waals surface area (Å²) >= 11 is 0. The van der Waals surface area contributed by atoms with E-state index in [1.807, 2.05) is 44.2 Å². The number of para-hydroxylation sites is 1. The Hall–Kier alpha value is -1.02. The molecule has 2 heteroatoms. The molecule has 0 radical (unpaired) electrons. The molecule has 0 saturated heterocycles. The van der Waals surface area contributed by atoms with Gasteiger partial charge in [0.25, 0.3) is 0 Å². The van der Waals surface area contributed by atoms with Gasteiger partial charge in [0.15, 0.2) is 0 Å². The zero-order chi connectivity index (χ0) is 9.52. The molecule has 1 unspecified atom stereocenters. The molecule has 0 fully saturated rings. The van der Waals surface area contributed by atoms with Crippen LogP contribution in [0.3, 0.4) is 0 Å². The number of hydrogen-bond acceptors (Lipinski definition) is 2. The first-order valence-corrected chi connectivity index (χ1v) is 4.62. The Morgan fingerprint density at radius 3 is 2.54 bits per heavy atom. The third-order valence-electron chi connectivity index (χ3n) is 1.64. The molecule has 1 atom stereocenters. The van der Waals surface area contributed by atoms with Crippen molar-refractivity contribution >= 4 is 0 Å². The summed E-state index contributed by atoms with van der Waals surface area (Å²) in [6.07, 6.45) is 0.113. The van der Waals surface area contributed by atoms with Crippen LogP contribution in [0.2, 0.25) is 0 Å². The van der Waals surface area contributed by atoms with E-state index in [-0.39, 0.29) is 6.10 Å². The lowest BCUT2D eigenvalue weighted by Gasteiger charge is -2.13. The molecule has 1 rings (SSSR count). The van der Waals surface area contributed by atoms with Crippen molar-refractivity contribution in [3.63, 3.8) is 0 Å². The zero-order valence-electron chi connectivity index (χ0n) is 8.19. The molecule has 0 spiro atoms. The summed E-state index contributed by atoms with van der Waals surface area (Å²) in [6, 6.07) is 9.79. The normalized spacial score (nSPS) is 12.5. The van der Waals surface area contributed by atoms with E-state index in [2.05, 4.69) is 0 Å². The molecule has 0 aliphatic carbocycles. The summed E-state index contributed by atoms with van der Waals surface area (Å²) in [5.74, 6) is 0.898. The van der Waals surface area contributed by atoms with Gasteiger partial charge in [-0.1, -0.05) is 18.2 Å². The van der Waals surface area contributed by atoms with Gasteiger partial charge in [-0.2, -0.15) is 0 Å². The first kappa shape index (κ1) is 10.1. The van der Waals surface area contributed by atoms with Gasteiger partial charge in [-0.15, -0.1) is 0 Å². The van der Waals surface area contributed by atoms with Crippen molar-refractivity contribution < 1.29 is 9.47 Å².